The van der Waals surface area contributed by atoms with Gasteiger partial charge in [0, 0.05) is 25.3 Å². The molecule has 11 heteroatoms. The predicted octanol–water partition coefficient (Wildman–Crippen LogP) is 1.40. The molecule has 178 valence electrons. The van der Waals surface area contributed by atoms with Crippen molar-refractivity contribution in [2.45, 2.75) is 52.2 Å². The van der Waals surface area contributed by atoms with Gasteiger partial charge in [-0.25, -0.2) is 9.59 Å². The van der Waals surface area contributed by atoms with Crippen molar-refractivity contribution in [3.8, 4) is 0 Å². The number of ether oxygens (including phenoxy) is 3. The highest BCUT2D eigenvalue weighted by molar-refractivity contribution is 6.02. The second kappa shape index (κ2) is 11.7. The van der Waals surface area contributed by atoms with E-state index in [1.54, 1.807) is 30.3 Å². The van der Waals surface area contributed by atoms with Gasteiger partial charge in [0.05, 0.1) is 13.0 Å². The Kier molecular flexibility index (Phi) is 9.08. The van der Waals surface area contributed by atoms with E-state index >= 15 is 0 Å². The largest absolute Gasteiger partial charge is 0.462 e. The second-order valence-corrected chi connectivity index (χ2v) is 7.60. The van der Waals surface area contributed by atoms with Crippen LogP contribution < -0.4 is 0 Å². The van der Waals surface area contributed by atoms with Crippen LogP contribution in [-0.2, 0) is 47.8 Å². The lowest BCUT2D eigenvalue weighted by Gasteiger charge is -2.21. The monoisotopic (exact) mass is 463 g/mol. The van der Waals surface area contributed by atoms with Crippen LogP contribution in [0.2, 0.25) is 0 Å². The maximum absolute atomic E-state index is 12.6. The highest BCUT2D eigenvalue weighted by Gasteiger charge is 2.37. The van der Waals surface area contributed by atoms with Crippen LogP contribution in [0.25, 0.3) is 0 Å². The number of hydrogen-bond donors (Lipinski definition) is 0. The highest BCUT2D eigenvalue weighted by atomic mass is 16.7. The standard InChI is InChI=1S/C22H25NO10/c1-13(2)12-30-22(29)20(15-7-5-4-6-8-15)32-19(27)11-16(31-14(3)24)21(28)33-23-17(25)9-10-18(23)26/h4-8,13,16,20H,9-12H2,1-3H3/t16-,20-/m0/s1. The van der Waals surface area contributed by atoms with E-state index in [0.717, 1.165) is 6.92 Å². The third kappa shape index (κ3) is 7.70. The number of imide groups is 1. The Morgan fingerprint density at radius 1 is 0.939 bits per heavy atom. The van der Waals surface area contributed by atoms with Gasteiger partial charge in [-0.15, -0.1) is 5.06 Å². The molecule has 1 aromatic rings. The molecule has 0 saturated carbocycles. The van der Waals surface area contributed by atoms with Gasteiger partial charge in [0.15, 0.2) is 0 Å². The number of esters is 3. The van der Waals surface area contributed by atoms with Crippen LogP contribution in [0.1, 0.15) is 51.7 Å². The lowest BCUT2D eigenvalue weighted by molar-refractivity contribution is -0.206. The van der Waals surface area contributed by atoms with E-state index in [4.69, 9.17) is 19.0 Å². The topological polar surface area (TPSA) is 143 Å². The fraction of sp³-hybridized carbons (Fsp3) is 0.455. The fourth-order valence-electron chi connectivity index (χ4n) is 2.72. The average Bonchev–Trinajstić information content (AvgIpc) is 3.07. The van der Waals surface area contributed by atoms with Gasteiger partial charge in [-0.05, 0) is 5.92 Å². The Labute approximate surface area is 189 Å². The molecule has 1 aliphatic heterocycles. The van der Waals surface area contributed by atoms with Gasteiger partial charge in [0.1, 0.15) is 0 Å². The molecule has 1 aliphatic rings. The Bertz CT molecular complexity index is 895. The van der Waals surface area contributed by atoms with Gasteiger partial charge in [-0.1, -0.05) is 44.2 Å². The van der Waals surface area contributed by atoms with E-state index in [1.165, 1.54) is 0 Å². The van der Waals surface area contributed by atoms with Gasteiger partial charge >= 0.3 is 23.9 Å². The van der Waals surface area contributed by atoms with Crippen LogP contribution in [-0.4, -0.2) is 53.5 Å². The predicted molar refractivity (Wildman–Crippen MR) is 108 cm³/mol. The van der Waals surface area contributed by atoms with Gasteiger partial charge in [0.2, 0.25) is 12.2 Å². The summed E-state index contributed by atoms with van der Waals surface area (Å²) in [5.41, 5.74) is 0.333. The number of nitrogens with zero attached hydrogens (tertiary/aromatic N) is 1. The lowest BCUT2D eigenvalue weighted by atomic mass is 10.1. The van der Waals surface area contributed by atoms with Crippen LogP contribution in [0.3, 0.4) is 0 Å². The molecule has 0 bridgehead atoms. The molecule has 1 fully saturated rings. The van der Waals surface area contributed by atoms with Crippen molar-refractivity contribution in [1.29, 1.82) is 0 Å². The van der Waals surface area contributed by atoms with Gasteiger partial charge in [-0.2, -0.15) is 0 Å². The Morgan fingerprint density at radius 3 is 2.09 bits per heavy atom. The van der Waals surface area contributed by atoms with Crippen LogP contribution >= 0.6 is 0 Å². The van der Waals surface area contributed by atoms with Crippen molar-refractivity contribution in [1.82, 2.24) is 5.06 Å². The smallest absolute Gasteiger partial charge is 0.374 e. The Hall–Kier alpha value is -3.76. The fourth-order valence-corrected chi connectivity index (χ4v) is 2.72. The van der Waals surface area contributed by atoms with E-state index in [0.29, 0.717) is 5.56 Å². The summed E-state index contributed by atoms with van der Waals surface area (Å²) in [5.74, 6) is -5.57. The van der Waals surface area contributed by atoms with Crippen molar-refractivity contribution in [3.63, 3.8) is 0 Å². The highest BCUT2D eigenvalue weighted by Crippen LogP contribution is 2.21. The molecular weight excluding hydrogens is 438 g/mol. The zero-order valence-corrected chi connectivity index (χ0v) is 18.5. The van der Waals surface area contributed by atoms with E-state index < -0.39 is 54.3 Å². The van der Waals surface area contributed by atoms with Gasteiger partial charge in [-0.3, -0.25) is 19.2 Å². The molecule has 2 atom stereocenters. The van der Waals surface area contributed by atoms with Crippen LogP contribution in [0.15, 0.2) is 30.3 Å². The minimum atomic E-state index is -1.81. The molecule has 0 unspecified atom stereocenters. The normalized spacial score (nSPS) is 15.1. The Morgan fingerprint density at radius 2 is 1.55 bits per heavy atom. The second-order valence-electron chi connectivity index (χ2n) is 7.60. The Balaban J connectivity index is 2.12. The maximum Gasteiger partial charge on any atom is 0.374 e. The quantitative estimate of drug-likeness (QED) is 0.284. The number of carbonyl (C=O) groups excluding carboxylic acids is 6. The number of benzene rings is 1. The van der Waals surface area contributed by atoms with Crippen LogP contribution in [0.5, 0.6) is 0 Å². The number of hydrogen-bond acceptors (Lipinski definition) is 10. The minimum Gasteiger partial charge on any atom is -0.462 e. The SMILES string of the molecule is CC(=O)O[C@@H](CC(=O)O[C@H](C(=O)OCC(C)C)c1ccccc1)C(=O)ON1C(=O)CCC1=O. The summed E-state index contributed by atoms with van der Waals surface area (Å²) < 4.78 is 15.2. The van der Waals surface area contributed by atoms with E-state index in [1.807, 2.05) is 13.8 Å². The number of hydroxylamine groups is 2. The minimum absolute atomic E-state index is 0.0419. The third-order valence-corrected chi connectivity index (χ3v) is 4.23. The molecule has 0 aromatic heterocycles. The van der Waals surface area contributed by atoms with E-state index in [9.17, 15) is 28.8 Å². The number of amides is 2. The first-order valence-corrected chi connectivity index (χ1v) is 10.2. The van der Waals surface area contributed by atoms with Crippen molar-refractivity contribution < 1.29 is 47.8 Å². The first kappa shape index (κ1) is 25.5. The number of rotatable bonds is 10. The molecule has 2 rings (SSSR count). The summed E-state index contributed by atoms with van der Waals surface area (Å²) in [6, 6.07) is 8.08. The molecule has 0 N–H and O–H groups in total. The first-order valence-electron chi connectivity index (χ1n) is 10.2. The first-order chi connectivity index (χ1) is 15.6. The zero-order chi connectivity index (χ0) is 24.5. The maximum atomic E-state index is 12.6. The summed E-state index contributed by atoms with van der Waals surface area (Å²) in [7, 11) is 0. The molecule has 11 nitrogen and oxygen atoms in total. The molecule has 1 heterocycles. The molecular formula is C22H25NO10. The average molecular weight is 463 g/mol. The van der Waals surface area contributed by atoms with Crippen molar-refractivity contribution >= 4 is 35.7 Å². The van der Waals surface area contributed by atoms with Crippen molar-refractivity contribution in [3.05, 3.63) is 35.9 Å². The van der Waals surface area contributed by atoms with Gasteiger partial charge < -0.3 is 19.0 Å². The molecule has 2 amide bonds. The van der Waals surface area contributed by atoms with E-state index in [-0.39, 0.29) is 30.4 Å². The summed E-state index contributed by atoms with van der Waals surface area (Å²) in [6.45, 7) is 4.76. The molecule has 1 aromatic carbocycles. The third-order valence-electron chi connectivity index (χ3n) is 4.23. The summed E-state index contributed by atoms with van der Waals surface area (Å²) >= 11 is 0. The summed E-state index contributed by atoms with van der Waals surface area (Å²) in [6.07, 6.45) is -4.32. The van der Waals surface area contributed by atoms with Crippen LogP contribution in [0.4, 0.5) is 0 Å². The van der Waals surface area contributed by atoms with Crippen LogP contribution in [0, 0.1) is 5.92 Å². The zero-order valence-electron chi connectivity index (χ0n) is 18.5. The van der Waals surface area contributed by atoms with Crippen molar-refractivity contribution in [2.24, 2.45) is 5.92 Å². The summed E-state index contributed by atoms with van der Waals surface area (Å²) in [4.78, 5) is 76.9. The molecule has 0 spiro atoms. The van der Waals surface area contributed by atoms with Gasteiger partial charge in [0.25, 0.3) is 11.8 Å². The van der Waals surface area contributed by atoms with Crippen molar-refractivity contribution in [2.75, 3.05) is 6.61 Å². The lowest BCUT2D eigenvalue weighted by Crippen LogP contribution is -2.39. The summed E-state index contributed by atoms with van der Waals surface area (Å²) in [5, 5.41) is 0.264. The van der Waals surface area contributed by atoms with E-state index in [2.05, 4.69) is 0 Å². The number of carbonyl (C=O) groups is 6. The molecule has 33 heavy (non-hydrogen) atoms. The molecule has 0 radical (unpaired) electrons. The molecule has 1 saturated heterocycles. The molecule has 0 aliphatic carbocycles.